The van der Waals surface area contributed by atoms with Crippen molar-refractivity contribution in [1.82, 2.24) is 19.9 Å². The van der Waals surface area contributed by atoms with Crippen LogP contribution in [-0.2, 0) is 0 Å². The molecular weight excluding hydrogens is 332 g/mol. The number of hydrogen-bond acceptors (Lipinski definition) is 2. The van der Waals surface area contributed by atoms with Gasteiger partial charge in [0.1, 0.15) is 0 Å². The molecule has 8 bridgehead atoms. The van der Waals surface area contributed by atoms with E-state index in [0.717, 1.165) is 44.8 Å². The van der Waals surface area contributed by atoms with Gasteiger partial charge in [-0.3, -0.25) is 0 Å². The number of hydrogen-bond donors (Lipinski definition) is 2. The Morgan fingerprint density at radius 1 is 0.630 bits per heavy atom. The maximum Gasteiger partial charge on any atom is 0.0693 e. The molecule has 5 rings (SSSR count). The van der Waals surface area contributed by atoms with E-state index in [-0.39, 0.29) is 0 Å². The van der Waals surface area contributed by atoms with Crippen LogP contribution in [0.15, 0.2) is 42.5 Å². The van der Waals surface area contributed by atoms with Gasteiger partial charge in [-0.2, -0.15) is 0 Å². The van der Waals surface area contributed by atoms with Crippen molar-refractivity contribution in [2.45, 2.75) is 19.8 Å². The van der Waals surface area contributed by atoms with Crippen molar-refractivity contribution in [3.05, 3.63) is 70.8 Å². The van der Waals surface area contributed by atoms with Crippen molar-refractivity contribution in [3.63, 3.8) is 0 Å². The second-order valence-electron chi connectivity index (χ2n) is 7.25. The van der Waals surface area contributed by atoms with Gasteiger partial charge in [-0.1, -0.05) is 13.8 Å². The van der Waals surface area contributed by atoms with E-state index in [1.54, 1.807) is 0 Å². The van der Waals surface area contributed by atoms with Crippen LogP contribution >= 0.6 is 0 Å². The Kier molecular flexibility index (Phi) is 3.57. The first-order chi connectivity index (χ1) is 13.1. The highest BCUT2D eigenvalue weighted by atomic mass is 14.8. The van der Waals surface area contributed by atoms with E-state index in [9.17, 15) is 0 Å². The van der Waals surface area contributed by atoms with Crippen LogP contribution in [0.1, 0.15) is 48.1 Å². The normalized spacial score (nSPS) is 12.9. The number of H-pyrrole nitrogens is 2. The van der Waals surface area contributed by atoms with Crippen molar-refractivity contribution < 1.29 is 0 Å². The third-order valence-electron chi connectivity index (χ3n) is 4.83. The zero-order valence-electron chi connectivity index (χ0n) is 15.3. The zero-order valence-corrected chi connectivity index (χ0v) is 15.3. The SMILES string of the molecule is CC(C)c1c2nc(cc3ccc(cc4ccc(cc5nc1C=C5)[nH]4)[nH]3)C=C2. The predicted octanol–water partition coefficient (Wildman–Crippen LogP) is 5.78. The lowest BCUT2D eigenvalue weighted by molar-refractivity contribution is 0.849. The number of nitrogens with one attached hydrogen (secondary N) is 2. The van der Waals surface area contributed by atoms with Crippen LogP contribution in [0.5, 0.6) is 0 Å². The van der Waals surface area contributed by atoms with Crippen LogP contribution < -0.4 is 0 Å². The standard InChI is InChI=1S/C23H20N4/c1-14(2)23-21-9-7-19(26-21)12-17-5-3-15(24-17)11-16-4-6-18(25-16)13-20-8-10-22(23)27-20/h3-14,24-25H,1-2H3. The summed E-state index contributed by atoms with van der Waals surface area (Å²) < 4.78 is 0. The molecule has 0 aromatic carbocycles. The third kappa shape index (κ3) is 2.99. The molecule has 0 aliphatic carbocycles. The summed E-state index contributed by atoms with van der Waals surface area (Å²) >= 11 is 0. The number of rotatable bonds is 1. The van der Waals surface area contributed by atoms with E-state index in [1.807, 2.05) is 0 Å². The molecule has 2 aliphatic rings. The van der Waals surface area contributed by atoms with Crippen molar-refractivity contribution >= 4 is 46.4 Å². The van der Waals surface area contributed by atoms with Crippen LogP contribution in [0.3, 0.4) is 0 Å². The van der Waals surface area contributed by atoms with Crippen LogP contribution in [-0.4, -0.2) is 19.9 Å². The second kappa shape index (κ2) is 6.09. The molecule has 0 fully saturated rings. The fraction of sp³-hybridized carbons (Fsp3) is 0.130. The van der Waals surface area contributed by atoms with Gasteiger partial charge in [-0.05, 0) is 72.7 Å². The summed E-state index contributed by atoms with van der Waals surface area (Å²) in [7, 11) is 0. The quantitative estimate of drug-likeness (QED) is 0.402. The van der Waals surface area contributed by atoms with E-state index >= 15 is 0 Å². The minimum atomic E-state index is 0.332. The average Bonchev–Trinajstić information content (AvgIpc) is 3.39. The molecule has 4 nitrogen and oxygen atoms in total. The molecule has 3 aromatic rings. The lowest BCUT2D eigenvalue weighted by atomic mass is 10.00. The van der Waals surface area contributed by atoms with Crippen molar-refractivity contribution in [2.24, 2.45) is 0 Å². The van der Waals surface area contributed by atoms with Crippen LogP contribution in [0.25, 0.3) is 46.4 Å². The van der Waals surface area contributed by atoms with Gasteiger partial charge in [-0.25, -0.2) is 9.97 Å². The highest BCUT2D eigenvalue weighted by Gasteiger charge is 2.14. The Morgan fingerprint density at radius 2 is 1.07 bits per heavy atom. The molecule has 0 radical (unpaired) electrons. The van der Waals surface area contributed by atoms with Gasteiger partial charge in [-0.15, -0.1) is 0 Å². The summed E-state index contributed by atoms with van der Waals surface area (Å²) in [6.45, 7) is 4.38. The minimum Gasteiger partial charge on any atom is -0.355 e. The van der Waals surface area contributed by atoms with Crippen molar-refractivity contribution in [1.29, 1.82) is 0 Å². The summed E-state index contributed by atoms with van der Waals surface area (Å²) in [5, 5.41) is 0. The van der Waals surface area contributed by atoms with Crippen LogP contribution in [0, 0.1) is 0 Å². The summed E-state index contributed by atoms with van der Waals surface area (Å²) in [5.74, 6) is 0.332. The predicted molar refractivity (Wildman–Crippen MR) is 113 cm³/mol. The number of aromatic amines is 2. The van der Waals surface area contributed by atoms with Gasteiger partial charge in [0.15, 0.2) is 0 Å². The smallest absolute Gasteiger partial charge is 0.0693 e. The largest absolute Gasteiger partial charge is 0.355 e. The molecule has 3 aromatic heterocycles. The molecule has 27 heavy (non-hydrogen) atoms. The molecule has 2 aliphatic heterocycles. The molecule has 0 unspecified atom stereocenters. The van der Waals surface area contributed by atoms with Crippen molar-refractivity contribution in [3.8, 4) is 0 Å². The molecule has 2 N–H and O–H groups in total. The summed E-state index contributed by atoms with van der Waals surface area (Å²) in [6, 6.07) is 14.5. The summed E-state index contributed by atoms with van der Waals surface area (Å²) in [5.41, 5.74) is 9.24. The van der Waals surface area contributed by atoms with E-state index < -0.39 is 0 Å². The first-order valence-corrected chi connectivity index (χ1v) is 9.21. The van der Waals surface area contributed by atoms with Gasteiger partial charge in [0, 0.05) is 27.6 Å². The van der Waals surface area contributed by atoms with Crippen LogP contribution in [0.4, 0.5) is 0 Å². The maximum atomic E-state index is 4.84. The first kappa shape index (κ1) is 15.8. The minimum absolute atomic E-state index is 0.332. The highest BCUT2D eigenvalue weighted by Crippen LogP contribution is 2.27. The molecule has 0 saturated heterocycles. The van der Waals surface area contributed by atoms with Gasteiger partial charge in [0.05, 0.1) is 22.8 Å². The highest BCUT2D eigenvalue weighted by molar-refractivity contribution is 5.79. The Hall–Kier alpha value is -3.40. The molecule has 0 amide bonds. The molecule has 0 saturated carbocycles. The fourth-order valence-corrected chi connectivity index (χ4v) is 3.62. The molecule has 0 atom stereocenters. The van der Waals surface area contributed by atoms with Gasteiger partial charge >= 0.3 is 0 Å². The molecule has 0 spiro atoms. The van der Waals surface area contributed by atoms with Gasteiger partial charge in [0.2, 0.25) is 0 Å². The Balaban J connectivity index is 1.89. The van der Waals surface area contributed by atoms with E-state index in [4.69, 9.17) is 9.97 Å². The number of fused-ring (bicyclic) bond motifs is 8. The Labute approximate surface area is 157 Å². The Morgan fingerprint density at radius 3 is 1.52 bits per heavy atom. The number of aromatic nitrogens is 4. The molecule has 132 valence electrons. The molecule has 4 heteroatoms. The molecular formula is C23H20N4. The van der Waals surface area contributed by atoms with Gasteiger partial charge < -0.3 is 9.97 Å². The molecule has 5 heterocycles. The topological polar surface area (TPSA) is 57.4 Å². The fourth-order valence-electron chi connectivity index (χ4n) is 3.62. The maximum absolute atomic E-state index is 4.84. The Bertz CT molecular complexity index is 1160. The van der Waals surface area contributed by atoms with E-state index in [0.29, 0.717) is 5.92 Å². The van der Waals surface area contributed by atoms with Gasteiger partial charge in [0.25, 0.3) is 0 Å². The average molecular weight is 352 g/mol. The van der Waals surface area contributed by atoms with E-state index in [1.165, 1.54) is 5.56 Å². The lowest BCUT2D eigenvalue weighted by Crippen LogP contribution is -1.96. The van der Waals surface area contributed by atoms with Crippen LogP contribution in [0.2, 0.25) is 0 Å². The first-order valence-electron chi connectivity index (χ1n) is 9.21. The van der Waals surface area contributed by atoms with E-state index in [2.05, 4.69) is 90.6 Å². The summed E-state index contributed by atoms with van der Waals surface area (Å²) in [6.07, 6.45) is 8.30. The monoisotopic (exact) mass is 352 g/mol. The second-order valence-corrected chi connectivity index (χ2v) is 7.25. The summed E-state index contributed by atoms with van der Waals surface area (Å²) in [4.78, 5) is 16.5. The lowest BCUT2D eigenvalue weighted by Gasteiger charge is -2.07. The third-order valence-corrected chi connectivity index (χ3v) is 4.83. The number of nitrogens with zero attached hydrogens (tertiary/aromatic N) is 2. The zero-order chi connectivity index (χ0) is 18.4. The van der Waals surface area contributed by atoms with Crippen molar-refractivity contribution in [2.75, 3.05) is 0 Å².